The lowest BCUT2D eigenvalue weighted by atomic mass is 9.90. The number of hydrogen-bond acceptors (Lipinski definition) is 5. The molecule has 6 heteroatoms. The quantitative estimate of drug-likeness (QED) is 0.654. The number of carbonyl (C=O) groups is 1. The molecular formula is C15H13ClN2O2S. The highest BCUT2D eigenvalue weighted by Gasteiger charge is 2.28. The van der Waals surface area contributed by atoms with Gasteiger partial charge in [-0.25, -0.2) is 0 Å². The van der Waals surface area contributed by atoms with E-state index in [0.29, 0.717) is 21.2 Å². The minimum Gasteiger partial charge on any atom is -0.453 e. The largest absolute Gasteiger partial charge is 0.453 e. The second-order valence-corrected chi connectivity index (χ2v) is 7.01. The minimum absolute atomic E-state index is 0.192. The van der Waals surface area contributed by atoms with Crippen molar-refractivity contribution in [2.24, 2.45) is 0 Å². The lowest BCUT2D eigenvalue weighted by Gasteiger charge is -2.15. The molecule has 0 fully saturated rings. The number of rotatable bonds is 2. The molecule has 21 heavy (non-hydrogen) atoms. The van der Waals surface area contributed by atoms with E-state index in [9.17, 15) is 4.79 Å². The molecule has 0 atom stereocenters. The second kappa shape index (κ2) is 4.93. The third-order valence-corrected chi connectivity index (χ3v) is 4.07. The zero-order chi connectivity index (χ0) is 15.2. The Morgan fingerprint density at radius 1 is 1.29 bits per heavy atom. The van der Waals surface area contributed by atoms with Crippen LogP contribution in [-0.2, 0) is 5.41 Å². The smallest absolute Gasteiger partial charge is 0.241 e. The van der Waals surface area contributed by atoms with E-state index < -0.39 is 0 Å². The number of nitrogens with zero attached hydrogens (tertiary/aromatic N) is 2. The topological polar surface area (TPSA) is 56.0 Å². The SMILES string of the molecule is CC(C)(C)c1nnsc1C(=O)c1cc2cc(Cl)ccc2o1. The molecule has 0 unspecified atom stereocenters. The molecule has 2 heterocycles. The predicted octanol–water partition coefficient (Wildman–Crippen LogP) is 4.47. The predicted molar refractivity (Wildman–Crippen MR) is 83.3 cm³/mol. The highest BCUT2D eigenvalue weighted by molar-refractivity contribution is 7.08. The Bertz CT molecular complexity index is 830. The minimum atomic E-state index is -0.243. The maximum atomic E-state index is 12.6. The molecule has 0 N–H and O–H groups in total. The molecule has 1 aromatic carbocycles. The van der Waals surface area contributed by atoms with Crippen molar-refractivity contribution in [2.45, 2.75) is 26.2 Å². The van der Waals surface area contributed by atoms with Gasteiger partial charge in [0.2, 0.25) is 5.78 Å². The number of halogens is 1. The lowest BCUT2D eigenvalue weighted by molar-refractivity contribution is 0.101. The summed E-state index contributed by atoms with van der Waals surface area (Å²) in [5.41, 5.74) is 1.08. The van der Waals surface area contributed by atoms with E-state index in [0.717, 1.165) is 16.9 Å². The molecular weight excluding hydrogens is 308 g/mol. The molecule has 4 nitrogen and oxygen atoms in total. The van der Waals surface area contributed by atoms with Crippen LogP contribution in [0.5, 0.6) is 0 Å². The first kappa shape index (κ1) is 14.2. The van der Waals surface area contributed by atoms with Gasteiger partial charge >= 0.3 is 0 Å². The Labute approximate surface area is 130 Å². The number of carbonyl (C=O) groups excluding carboxylic acids is 1. The van der Waals surface area contributed by atoms with Crippen LogP contribution in [0.3, 0.4) is 0 Å². The van der Waals surface area contributed by atoms with Crippen LogP contribution in [0.15, 0.2) is 28.7 Å². The first-order chi connectivity index (χ1) is 9.86. The molecule has 0 aliphatic carbocycles. The van der Waals surface area contributed by atoms with Crippen molar-refractivity contribution in [2.75, 3.05) is 0 Å². The molecule has 3 rings (SSSR count). The van der Waals surface area contributed by atoms with Gasteiger partial charge in [-0.2, -0.15) is 0 Å². The van der Waals surface area contributed by atoms with E-state index in [4.69, 9.17) is 16.0 Å². The average Bonchev–Trinajstić information content (AvgIpc) is 3.02. The maximum Gasteiger partial charge on any atom is 0.241 e. The molecule has 0 aliphatic heterocycles. The summed E-state index contributed by atoms with van der Waals surface area (Å²) in [5.74, 6) is 0.0889. The van der Waals surface area contributed by atoms with Gasteiger partial charge in [0.25, 0.3) is 0 Å². The summed E-state index contributed by atoms with van der Waals surface area (Å²) in [4.78, 5) is 13.2. The van der Waals surface area contributed by atoms with Crippen molar-refractivity contribution < 1.29 is 9.21 Å². The van der Waals surface area contributed by atoms with Gasteiger partial charge < -0.3 is 4.42 Å². The van der Waals surface area contributed by atoms with Crippen LogP contribution < -0.4 is 0 Å². The summed E-state index contributed by atoms with van der Waals surface area (Å²) in [6.45, 7) is 6.00. The van der Waals surface area contributed by atoms with E-state index in [1.54, 1.807) is 24.3 Å². The van der Waals surface area contributed by atoms with Crippen LogP contribution in [0.4, 0.5) is 0 Å². The summed E-state index contributed by atoms with van der Waals surface area (Å²) in [6.07, 6.45) is 0. The molecule has 0 aliphatic rings. The van der Waals surface area contributed by atoms with E-state index in [2.05, 4.69) is 9.59 Å². The molecule has 0 bridgehead atoms. The molecule has 2 aromatic heterocycles. The molecule has 0 radical (unpaired) electrons. The van der Waals surface area contributed by atoms with E-state index >= 15 is 0 Å². The average molecular weight is 321 g/mol. The Balaban J connectivity index is 2.07. The molecule has 0 spiro atoms. The van der Waals surface area contributed by atoms with Gasteiger partial charge in [-0.05, 0) is 35.8 Å². The van der Waals surface area contributed by atoms with Crippen molar-refractivity contribution in [3.8, 4) is 0 Å². The number of fused-ring (bicyclic) bond motifs is 1. The standard InChI is InChI=1S/C15H13ClN2O2S/c1-15(2,3)14-13(21-18-17-14)12(19)11-7-8-6-9(16)4-5-10(8)20-11/h4-7H,1-3H3. The molecule has 0 saturated carbocycles. The number of ketones is 1. The van der Waals surface area contributed by atoms with Crippen LogP contribution >= 0.6 is 23.1 Å². The zero-order valence-electron chi connectivity index (χ0n) is 11.8. The van der Waals surface area contributed by atoms with Gasteiger partial charge in [0.1, 0.15) is 10.5 Å². The Hall–Kier alpha value is -1.72. The van der Waals surface area contributed by atoms with Crippen molar-refractivity contribution in [1.82, 2.24) is 9.59 Å². The zero-order valence-corrected chi connectivity index (χ0v) is 13.4. The van der Waals surface area contributed by atoms with E-state index in [1.807, 2.05) is 20.8 Å². The third kappa shape index (κ3) is 2.59. The molecule has 108 valence electrons. The normalized spacial score (nSPS) is 12.0. The Morgan fingerprint density at radius 3 is 2.76 bits per heavy atom. The Morgan fingerprint density at radius 2 is 2.05 bits per heavy atom. The fraction of sp³-hybridized carbons (Fsp3) is 0.267. The first-order valence-electron chi connectivity index (χ1n) is 6.43. The summed E-state index contributed by atoms with van der Waals surface area (Å²) < 4.78 is 9.53. The van der Waals surface area contributed by atoms with Crippen LogP contribution in [0.1, 0.15) is 41.9 Å². The number of furan rings is 1. The highest BCUT2D eigenvalue weighted by atomic mass is 35.5. The fourth-order valence-electron chi connectivity index (χ4n) is 2.07. The van der Waals surface area contributed by atoms with Gasteiger partial charge in [-0.3, -0.25) is 4.79 Å². The van der Waals surface area contributed by atoms with Crippen LogP contribution in [-0.4, -0.2) is 15.4 Å². The second-order valence-electron chi connectivity index (χ2n) is 5.82. The van der Waals surface area contributed by atoms with Crippen LogP contribution in [0.25, 0.3) is 11.0 Å². The van der Waals surface area contributed by atoms with Gasteiger partial charge in [0.15, 0.2) is 5.76 Å². The molecule has 0 saturated heterocycles. The summed E-state index contributed by atoms with van der Waals surface area (Å²) in [5, 5.41) is 5.50. The lowest BCUT2D eigenvalue weighted by Crippen LogP contribution is -2.16. The summed E-state index contributed by atoms with van der Waals surface area (Å²) >= 11 is 7.04. The molecule has 0 amide bonds. The van der Waals surface area contributed by atoms with E-state index in [-0.39, 0.29) is 17.0 Å². The van der Waals surface area contributed by atoms with Crippen LogP contribution in [0, 0.1) is 0 Å². The van der Waals surface area contributed by atoms with Gasteiger partial charge in [-0.1, -0.05) is 36.9 Å². The number of aromatic nitrogens is 2. The van der Waals surface area contributed by atoms with Gasteiger partial charge in [0, 0.05) is 15.8 Å². The van der Waals surface area contributed by atoms with Crippen molar-refractivity contribution >= 4 is 39.9 Å². The molecule has 3 aromatic rings. The summed E-state index contributed by atoms with van der Waals surface area (Å²) in [6, 6.07) is 6.96. The number of hydrogen-bond donors (Lipinski definition) is 0. The fourth-order valence-corrected chi connectivity index (χ4v) is 3.07. The Kier molecular flexibility index (Phi) is 3.34. The maximum absolute atomic E-state index is 12.6. The van der Waals surface area contributed by atoms with Crippen molar-refractivity contribution in [3.05, 3.63) is 45.6 Å². The highest BCUT2D eigenvalue weighted by Crippen LogP contribution is 2.30. The number of benzene rings is 1. The monoisotopic (exact) mass is 320 g/mol. The first-order valence-corrected chi connectivity index (χ1v) is 7.58. The third-order valence-electron chi connectivity index (χ3n) is 3.11. The van der Waals surface area contributed by atoms with E-state index in [1.165, 1.54) is 0 Å². The van der Waals surface area contributed by atoms with Crippen LogP contribution in [0.2, 0.25) is 5.02 Å². The van der Waals surface area contributed by atoms with Gasteiger partial charge in [0.05, 0.1) is 5.69 Å². The van der Waals surface area contributed by atoms with Crippen molar-refractivity contribution in [1.29, 1.82) is 0 Å². The summed E-state index contributed by atoms with van der Waals surface area (Å²) in [7, 11) is 0. The van der Waals surface area contributed by atoms with Crippen molar-refractivity contribution in [3.63, 3.8) is 0 Å². The van der Waals surface area contributed by atoms with Gasteiger partial charge in [-0.15, -0.1) is 5.10 Å².